The molecular weight excluding hydrogens is 272 g/mol. The molecule has 0 saturated carbocycles. The lowest BCUT2D eigenvalue weighted by molar-refractivity contribution is -0.119. The first-order valence-corrected chi connectivity index (χ1v) is 7.02. The van der Waals surface area contributed by atoms with E-state index in [0.29, 0.717) is 18.4 Å². The Bertz CT molecular complexity index is 463. The molecule has 1 aromatic heterocycles. The van der Waals surface area contributed by atoms with Crippen molar-refractivity contribution in [2.24, 2.45) is 5.84 Å². The van der Waals surface area contributed by atoms with Crippen LogP contribution in [0.1, 0.15) is 20.8 Å². The Labute approximate surface area is 124 Å². The first kappa shape index (κ1) is 16.9. The number of hydrogen-bond donors (Lipinski definition) is 3. The number of nitrogen functional groups attached to an aromatic ring is 1. The van der Waals surface area contributed by atoms with E-state index in [1.165, 1.54) is 0 Å². The number of carbonyl (C=O) groups is 1. The second kappa shape index (κ2) is 8.20. The number of hydrogen-bond acceptors (Lipinski definition) is 8. The fourth-order valence-corrected chi connectivity index (χ4v) is 1.78. The zero-order valence-electron chi connectivity index (χ0n) is 13.1. The van der Waals surface area contributed by atoms with E-state index in [1.807, 2.05) is 25.7 Å². The number of nitrogens with one attached hydrogen (secondary N) is 2. The normalized spacial score (nSPS) is 10.1. The summed E-state index contributed by atoms with van der Waals surface area (Å²) in [7, 11) is 1.60. The molecule has 0 spiro atoms. The van der Waals surface area contributed by atoms with E-state index in [0.717, 1.165) is 13.1 Å². The van der Waals surface area contributed by atoms with Crippen LogP contribution in [-0.2, 0) is 4.79 Å². The van der Waals surface area contributed by atoms with Gasteiger partial charge in [0.05, 0.1) is 6.54 Å². The zero-order valence-corrected chi connectivity index (χ0v) is 13.1. The number of anilines is 3. The molecule has 1 rings (SSSR count). The van der Waals surface area contributed by atoms with Crippen molar-refractivity contribution in [3.8, 4) is 0 Å². The molecule has 1 amide bonds. The fraction of sp³-hybridized carbons (Fsp3) is 0.667. The van der Waals surface area contributed by atoms with Gasteiger partial charge >= 0.3 is 0 Å². The van der Waals surface area contributed by atoms with Gasteiger partial charge in [-0.05, 0) is 20.8 Å². The Kier molecular flexibility index (Phi) is 6.60. The Morgan fingerprint density at radius 3 is 2.00 bits per heavy atom. The number of likely N-dealkylation sites (N-methyl/N-ethyl adjacent to an activating group) is 2. The van der Waals surface area contributed by atoms with Crippen LogP contribution < -0.4 is 26.4 Å². The highest BCUT2D eigenvalue weighted by Crippen LogP contribution is 2.15. The van der Waals surface area contributed by atoms with Gasteiger partial charge in [0.2, 0.25) is 23.8 Å². The van der Waals surface area contributed by atoms with Crippen molar-refractivity contribution in [3.63, 3.8) is 0 Å². The molecule has 0 aliphatic carbocycles. The summed E-state index contributed by atoms with van der Waals surface area (Å²) < 4.78 is 0. The monoisotopic (exact) mass is 296 g/mol. The van der Waals surface area contributed by atoms with Crippen molar-refractivity contribution in [3.05, 3.63) is 0 Å². The van der Waals surface area contributed by atoms with Crippen LogP contribution in [0.3, 0.4) is 0 Å². The van der Waals surface area contributed by atoms with Gasteiger partial charge in [0.15, 0.2) is 0 Å². The Morgan fingerprint density at radius 2 is 1.57 bits per heavy atom. The maximum atomic E-state index is 11.6. The van der Waals surface area contributed by atoms with E-state index in [9.17, 15) is 4.79 Å². The van der Waals surface area contributed by atoms with E-state index >= 15 is 0 Å². The zero-order chi connectivity index (χ0) is 15.8. The number of carbonyl (C=O) groups excluding carboxylic acids is 1. The average Bonchev–Trinajstić information content (AvgIpc) is 2.53. The van der Waals surface area contributed by atoms with Crippen molar-refractivity contribution in [2.45, 2.75) is 20.8 Å². The maximum absolute atomic E-state index is 11.6. The lowest BCUT2D eigenvalue weighted by Crippen LogP contribution is -2.37. The Morgan fingerprint density at radius 1 is 1.05 bits per heavy atom. The standard InChI is InChI=1S/C12H24N8O/c1-5-19(6-2)11-15-10(18-13)16-12(17-11)20(7-3)8-9(21)14-4/h5-8,13H2,1-4H3,(H,14,21)(H,15,16,17,18). The number of rotatable bonds is 8. The summed E-state index contributed by atoms with van der Waals surface area (Å²) >= 11 is 0. The predicted molar refractivity (Wildman–Crippen MR) is 83.2 cm³/mol. The van der Waals surface area contributed by atoms with Crippen LogP contribution in [0.15, 0.2) is 0 Å². The molecule has 0 radical (unpaired) electrons. The predicted octanol–water partition coefficient (Wildman–Crippen LogP) is -0.424. The van der Waals surface area contributed by atoms with Gasteiger partial charge in [-0.2, -0.15) is 15.0 Å². The first-order chi connectivity index (χ1) is 10.1. The maximum Gasteiger partial charge on any atom is 0.243 e. The van der Waals surface area contributed by atoms with Gasteiger partial charge in [-0.3, -0.25) is 10.2 Å². The van der Waals surface area contributed by atoms with E-state index in [2.05, 4.69) is 25.7 Å². The molecule has 0 bridgehead atoms. The van der Waals surface area contributed by atoms with Crippen molar-refractivity contribution in [1.29, 1.82) is 0 Å². The van der Waals surface area contributed by atoms with Crippen LogP contribution >= 0.6 is 0 Å². The van der Waals surface area contributed by atoms with E-state index in [-0.39, 0.29) is 18.4 Å². The first-order valence-electron chi connectivity index (χ1n) is 7.02. The molecule has 0 aliphatic heterocycles. The average molecular weight is 296 g/mol. The molecule has 9 nitrogen and oxygen atoms in total. The number of nitrogens with two attached hydrogens (primary N) is 1. The van der Waals surface area contributed by atoms with Crippen LogP contribution in [-0.4, -0.2) is 54.1 Å². The molecule has 4 N–H and O–H groups in total. The summed E-state index contributed by atoms with van der Waals surface area (Å²) in [6, 6.07) is 0. The molecule has 1 aromatic rings. The molecule has 0 fully saturated rings. The van der Waals surface area contributed by atoms with Crippen molar-refractivity contribution < 1.29 is 4.79 Å². The van der Waals surface area contributed by atoms with Gasteiger partial charge in [0, 0.05) is 26.7 Å². The van der Waals surface area contributed by atoms with Gasteiger partial charge in [-0.25, -0.2) is 5.84 Å². The molecular formula is C12H24N8O. The van der Waals surface area contributed by atoms with Crippen LogP contribution in [0.25, 0.3) is 0 Å². The van der Waals surface area contributed by atoms with Crippen LogP contribution in [0.4, 0.5) is 17.8 Å². The minimum atomic E-state index is -0.107. The van der Waals surface area contributed by atoms with E-state index in [4.69, 9.17) is 5.84 Å². The fourth-order valence-electron chi connectivity index (χ4n) is 1.78. The summed E-state index contributed by atoms with van der Waals surface area (Å²) in [4.78, 5) is 28.2. The summed E-state index contributed by atoms with van der Waals surface area (Å²) in [6.45, 7) is 8.28. The van der Waals surface area contributed by atoms with Crippen LogP contribution in [0.2, 0.25) is 0 Å². The number of nitrogens with zero attached hydrogens (tertiary/aromatic N) is 5. The van der Waals surface area contributed by atoms with Crippen LogP contribution in [0.5, 0.6) is 0 Å². The number of hydrazine groups is 1. The SMILES string of the molecule is CCN(CC)c1nc(NN)nc(N(CC)CC(=O)NC)n1. The second-order valence-electron chi connectivity index (χ2n) is 4.26. The topological polar surface area (TPSA) is 112 Å². The van der Waals surface area contributed by atoms with Gasteiger partial charge in [-0.1, -0.05) is 0 Å². The molecule has 21 heavy (non-hydrogen) atoms. The largest absolute Gasteiger partial charge is 0.358 e. The summed E-state index contributed by atoms with van der Waals surface area (Å²) in [5, 5.41) is 2.59. The highest BCUT2D eigenvalue weighted by atomic mass is 16.1. The van der Waals surface area contributed by atoms with Gasteiger partial charge < -0.3 is 15.1 Å². The molecule has 0 saturated heterocycles. The van der Waals surface area contributed by atoms with Crippen molar-refractivity contribution in [2.75, 3.05) is 48.5 Å². The van der Waals surface area contributed by atoms with E-state index < -0.39 is 0 Å². The van der Waals surface area contributed by atoms with E-state index in [1.54, 1.807) is 11.9 Å². The summed E-state index contributed by atoms with van der Waals surface area (Å²) in [5.74, 6) is 6.55. The second-order valence-corrected chi connectivity index (χ2v) is 4.26. The molecule has 118 valence electrons. The molecule has 9 heteroatoms. The minimum absolute atomic E-state index is 0.107. The van der Waals surface area contributed by atoms with Crippen LogP contribution in [0, 0.1) is 0 Å². The molecule has 0 aliphatic rings. The number of amides is 1. The smallest absolute Gasteiger partial charge is 0.243 e. The molecule has 0 atom stereocenters. The lowest BCUT2D eigenvalue weighted by atomic mass is 10.5. The van der Waals surface area contributed by atoms with Gasteiger partial charge in [0.25, 0.3) is 0 Å². The van der Waals surface area contributed by atoms with Crippen molar-refractivity contribution in [1.82, 2.24) is 20.3 Å². The number of aromatic nitrogens is 3. The minimum Gasteiger partial charge on any atom is -0.358 e. The summed E-state index contributed by atoms with van der Waals surface area (Å²) in [5.41, 5.74) is 2.44. The molecule has 0 aromatic carbocycles. The Hall–Kier alpha value is -2.16. The van der Waals surface area contributed by atoms with Gasteiger partial charge in [-0.15, -0.1) is 0 Å². The quantitative estimate of drug-likeness (QED) is 0.438. The Balaban J connectivity index is 3.14. The third-order valence-corrected chi connectivity index (χ3v) is 3.07. The highest BCUT2D eigenvalue weighted by molar-refractivity contribution is 5.80. The van der Waals surface area contributed by atoms with Crippen molar-refractivity contribution >= 4 is 23.8 Å². The van der Waals surface area contributed by atoms with Gasteiger partial charge in [0.1, 0.15) is 0 Å². The highest BCUT2D eigenvalue weighted by Gasteiger charge is 2.16. The third kappa shape index (κ3) is 4.42. The molecule has 1 heterocycles. The lowest BCUT2D eigenvalue weighted by Gasteiger charge is -2.23. The summed E-state index contributed by atoms with van der Waals surface area (Å²) in [6.07, 6.45) is 0. The molecule has 0 unspecified atom stereocenters. The third-order valence-electron chi connectivity index (χ3n) is 3.07.